The van der Waals surface area contributed by atoms with Crippen molar-refractivity contribution in [3.8, 4) is 10.6 Å². The van der Waals surface area contributed by atoms with Crippen LogP contribution in [0.2, 0.25) is 0 Å². The molecule has 1 N–H and O–H groups in total. The van der Waals surface area contributed by atoms with Crippen LogP contribution in [0.4, 0.5) is 0 Å². The van der Waals surface area contributed by atoms with Crippen molar-refractivity contribution in [3.63, 3.8) is 0 Å². The molecular weight excluding hydrogens is 194 g/mol. The Hall–Kier alpha value is -1.26. The smallest absolute Gasteiger partial charge is 0.123 e. The van der Waals surface area contributed by atoms with E-state index in [0.717, 1.165) is 22.8 Å². The summed E-state index contributed by atoms with van der Waals surface area (Å²) in [7, 11) is 1.92. The number of nitrogens with one attached hydrogen (secondary N) is 1. The molecule has 0 unspecified atom stereocenters. The van der Waals surface area contributed by atoms with Crippen LogP contribution >= 0.6 is 11.3 Å². The fourth-order valence-corrected chi connectivity index (χ4v) is 2.02. The summed E-state index contributed by atoms with van der Waals surface area (Å²) in [4.78, 5) is 8.48. The molecule has 0 amide bonds. The van der Waals surface area contributed by atoms with Crippen molar-refractivity contribution in [1.29, 1.82) is 0 Å². The Morgan fingerprint density at radius 2 is 2.14 bits per heavy atom. The third-order valence-corrected chi connectivity index (χ3v) is 2.78. The van der Waals surface area contributed by atoms with Gasteiger partial charge in [-0.1, -0.05) is 0 Å². The van der Waals surface area contributed by atoms with E-state index in [1.54, 1.807) is 23.7 Å². The Morgan fingerprint density at radius 3 is 2.86 bits per heavy atom. The van der Waals surface area contributed by atoms with E-state index in [9.17, 15) is 0 Å². The first-order valence-electron chi connectivity index (χ1n) is 4.39. The molecule has 3 nitrogen and oxygen atoms in total. The highest BCUT2D eigenvalue weighted by atomic mass is 32.1. The van der Waals surface area contributed by atoms with Crippen molar-refractivity contribution in [2.24, 2.45) is 0 Å². The van der Waals surface area contributed by atoms with Crippen LogP contribution in [0.25, 0.3) is 10.6 Å². The van der Waals surface area contributed by atoms with E-state index in [0.29, 0.717) is 0 Å². The molecule has 0 saturated carbocycles. The van der Waals surface area contributed by atoms with Crippen LogP contribution in [0, 0.1) is 0 Å². The molecule has 0 aliphatic heterocycles. The Balaban J connectivity index is 2.25. The fraction of sp³-hybridized carbons (Fsp3) is 0.200. The van der Waals surface area contributed by atoms with Crippen molar-refractivity contribution in [3.05, 3.63) is 35.6 Å². The Kier molecular flexibility index (Phi) is 2.86. The summed E-state index contributed by atoms with van der Waals surface area (Å²) in [5.74, 6) is 0. The number of hydrogen-bond acceptors (Lipinski definition) is 4. The molecule has 0 radical (unpaired) electrons. The highest BCUT2D eigenvalue weighted by Crippen LogP contribution is 2.22. The van der Waals surface area contributed by atoms with Crippen LogP contribution < -0.4 is 5.32 Å². The molecule has 2 heterocycles. The average molecular weight is 205 g/mol. The molecule has 14 heavy (non-hydrogen) atoms. The van der Waals surface area contributed by atoms with Gasteiger partial charge in [0.15, 0.2) is 0 Å². The van der Waals surface area contributed by atoms with Gasteiger partial charge in [-0.25, -0.2) is 4.98 Å². The topological polar surface area (TPSA) is 37.8 Å². The number of pyridine rings is 1. The third kappa shape index (κ3) is 1.97. The predicted octanol–water partition coefficient (Wildman–Crippen LogP) is 1.92. The van der Waals surface area contributed by atoms with Gasteiger partial charge in [-0.05, 0) is 19.2 Å². The van der Waals surface area contributed by atoms with Crippen LogP contribution in [0.1, 0.15) is 5.69 Å². The van der Waals surface area contributed by atoms with Crippen LogP contribution in [0.3, 0.4) is 0 Å². The minimum atomic E-state index is 0.821. The van der Waals surface area contributed by atoms with E-state index in [2.05, 4.69) is 20.7 Å². The van der Waals surface area contributed by atoms with Crippen molar-refractivity contribution < 1.29 is 0 Å². The predicted molar refractivity (Wildman–Crippen MR) is 58.1 cm³/mol. The maximum atomic E-state index is 4.50. The van der Waals surface area contributed by atoms with Crippen LogP contribution in [0.5, 0.6) is 0 Å². The minimum Gasteiger partial charge on any atom is -0.314 e. The molecule has 0 bridgehead atoms. The molecule has 0 aromatic carbocycles. The number of thiazole rings is 1. The summed E-state index contributed by atoms with van der Waals surface area (Å²) in [6.45, 7) is 0.821. The van der Waals surface area contributed by atoms with Gasteiger partial charge in [0.2, 0.25) is 0 Å². The molecule has 2 rings (SSSR count). The first-order valence-corrected chi connectivity index (χ1v) is 5.27. The van der Waals surface area contributed by atoms with Crippen molar-refractivity contribution in [1.82, 2.24) is 15.3 Å². The Bertz CT molecular complexity index is 397. The van der Waals surface area contributed by atoms with E-state index in [4.69, 9.17) is 0 Å². The first kappa shape index (κ1) is 9.30. The summed E-state index contributed by atoms with van der Waals surface area (Å²) in [6.07, 6.45) is 3.57. The molecule has 4 heteroatoms. The maximum Gasteiger partial charge on any atom is 0.123 e. The molecular formula is C10H11N3S. The van der Waals surface area contributed by atoms with Crippen molar-refractivity contribution >= 4 is 11.3 Å². The molecule has 2 aromatic rings. The summed E-state index contributed by atoms with van der Waals surface area (Å²) >= 11 is 1.66. The summed E-state index contributed by atoms with van der Waals surface area (Å²) in [5.41, 5.74) is 2.22. The quantitative estimate of drug-likeness (QED) is 0.832. The molecule has 0 saturated heterocycles. The SMILES string of the molecule is CNCc1csc(-c2ccncc2)n1. The van der Waals surface area contributed by atoms with Gasteiger partial charge in [0.1, 0.15) is 5.01 Å². The van der Waals surface area contributed by atoms with Gasteiger partial charge in [0.25, 0.3) is 0 Å². The molecule has 0 fully saturated rings. The molecule has 0 aliphatic rings. The third-order valence-electron chi connectivity index (χ3n) is 1.84. The average Bonchev–Trinajstić information content (AvgIpc) is 2.68. The van der Waals surface area contributed by atoms with Gasteiger partial charge in [-0.15, -0.1) is 11.3 Å². The minimum absolute atomic E-state index is 0.821. The van der Waals surface area contributed by atoms with E-state index in [1.165, 1.54) is 0 Å². The van der Waals surface area contributed by atoms with Crippen molar-refractivity contribution in [2.45, 2.75) is 6.54 Å². The lowest BCUT2D eigenvalue weighted by Gasteiger charge is -1.94. The zero-order chi connectivity index (χ0) is 9.80. The van der Waals surface area contributed by atoms with Gasteiger partial charge < -0.3 is 5.32 Å². The fourth-order valence-electron chi connectivity index (χ4n) is 1.20. The molecule has 0 aliphatic carbocycles. The second-order valence-electron chi connectivity index (χ2n) is 2.91. The maximum absolute atomic E-state index is 4.50. The lowest BCUT2D eigenvalue weighted by molar-refractivity contribution is 0.798. The lowest BCUT2D eigenvalue weighted by atomic mass is 10.3. The summed E-state index contributed by atoms with van der Waals surface area (Å²) in [6, 6.07) is 3.95. The van der Waals surface area contributed by atoms with Gasteiger partial charge in [-0.2, -0.15) is 0 Å². The zero-order valence-corrected chi connectivity index (χ0v) is 8.71. The lowest BCUT2D eigenvalue weighted by Crippen LogP contribution is -2.04. The molecule has 0 atom stereocenters. The monoisotopic (exact) mass is 205 g/mol. The van der Waals surface area contributed by atoms with Crippen LogP contribution in [-0.4, -0.2) is 17.0 Å². The summed E-state index contributed by atoms with van der Waals surface area (Å²) in [5, 5.41) is 6.21. The zero-order valence-electron chi connectivity index (χ0n) is 7.90. The summed E-state index contributed by atoms with van der Waals surface area (Å²) < 4.78 is 0. The van der Waals surface area contributed by atoms with Gasteiger partial charge in [-0.3, -0.25) is 4.98 Å². The van der Waals surface area contributed by atoms with Gasteiger partial charge >= 0.3 is 0 Å². The number of aromatic nitrogens is 2. The van der Waals surface area contributed by atoms with Gasteiger partial charge in [0.05, 0.1) is 5.69 Å². The first-order chi connectivity index (χ1) is 6.90. The van der Waals surface area contributed by atoms with Crippen LogP contribution in [0.15, 0.2) is 29.9 Å². The molecule has 2 aromatic heterocycles. The van der Waals surface area contributed by atoms with E-state index in [1.807, 2.05) is 19.2 Å². The number of hydrogen-bond donors (Lipinski definition) is 1. The largest absolute Gasteiger partial charge is 0.314 e. The molecule has 72 valence electrons. The van der Waals surface area contributed by atoms with E-state index >= 15 is 0 Å². The highest BCUT2D eigenvalue weighted by molar-refractivity contribution is 7.13. The van der Waals surface area contributed by atoms with E-state index < -0.39 is 0 Å². The standard InChI is InChI=1S/C10H11N3S/c1-11-6-9-7-14-10(13-9)8-2-4-12-5-3-8/h2-5,7,11H,6H2,1H3. The van der Waals surface area contributed by atoms with Crippen molar-refractivity contribution in [2.75, 3.05) is 7.05 Å². The Labute approximate surface area is 86.8 Å². The second kappa shape index (κ2) is 4.30. The Morgan fingerprint density at radius 1 is 1.36 bits per heavy atom. The second-order valence-corrected chi connectivity index (χ2v) is 3.77. The van der Waals surface area contributed by atoms with E-state index in [-0.39, 0.29) is 0 Å². The number of nitrogens with zero attached hydrogens (tertiary/aromatic N) is 2. The van der Waals surface area contributed by atoms with Crippen LogP contribution in [-0.2, 0) is 6.54 Å². The highest BCUT2D eigenvalue weighted by Gasteiger charge is 2.02. The number of rotatable bonds is 3. The normalized spacial score (nSPS) is 10.4. The van der Waals surface area contributed by atoms with Gasteiger partial charge in [0, 0.05) is 29.9 Å². The molecule has 0 spiro atoms.